The van der Waals surface area contributed by atoms with Gasteiger partial charge in [-0.3, -0.25) is 14.4 Å². The first kappa shape index (κ1) is 22.2. The minimum atomic E-state index is -0.955. The molecule has 2 amide bonds. The van der Waals surface area contributed by atoms with Crippen LogP contribution >= 0.6 is 11.8 Å². The van der Waals surface area contributed by atoms with Gasteiger partial charge in [0.15, 0.2) is 0 Å². The molecular weight excluding hydrogens is 392 g/mol. The molecule has 0 aromatic heterocycles. The van der Waals surface area contributed by atoms with E-state index in [1.54, 1.807) is 15.9 Å². The number of aliphatic carboxylic acids is 1. The van der Waals surface area contributed by atoms with E-state index in [9.17, 15) is 24.6 Å². The molecule has 162 valence electrons. The number of aliphatic hydroxyl groups is 1. The second-order valence-electron chi connectivity index (χ2n) is 9.41. The molecule has 29 heavy (non-hydrogen) atoms. The highest BCUT2D eigenvalue weighted by atomic mass is 32.2. The van der Waals surface area contributed by atoms with E-state index >= 15 is 0 Å². The Morgan fingerprint density at radius 1 is 1.41 bits per heavy atom. The van der Waals surface area contributed by atoms with Crippen LogP contribution in [0.25, 0.3) is 0 Å². The van der Waals surface area contributed by atoms with Crippen molar-refractivity contribution in [3.63, 3.8) is 0 Å². The smallest absolute Gasteiger partial charge is 0.308 e. The standard InChI is InChI=1S/C21H32N2O5S/c1-6-8-23(20(3,4)5)18(26)16-21-12(2)11-13(29-21)14(19(27)28)15(21)17(25)22(16)9-7-10-24/h6,12-16,24H,1,7-11H2,2-5H3,(H,27,28)/t12?,13-,14+,15-,16?,21?/m0/s1. The number of hydrogen-bond acceptors (Lipinski definition) is 5. The second kappa shape index (κ2) is 7.61. The van der Waals surface area contributed by atoms with Gasteiger partial charge in [-0.25, -0.2) is 0 Å². The van der Waals surface area contributed by atoms with Gasteiger partial charge in [0, 0.05) is 30.5 Å². The van der Waals surface area contributed by atoms with Crippen molar-refractivity contribution in [3.8, 4) is 0 Å². The first-order valence-corrected chi connectivity index (χ1v) is 11.1. The fraction of sp³-hybridized carbons (Fsp3) is 0.762. The largest absolute Gasteiger partial charge is 0.481 e. The van der Waals surface area contributed by atoms with E-state index in [0.29, 0.717) is 19.4 Å². The normalized spacial score (nSPS) is 35.7. The molecule has 3 saturated heterocycles. The Labute approximate surface area is 176 Å². The van der Waals surface area contributed by atoms with E-state index in [2.05, 4.69) is 6.58 Å². The first-order valence-electron chi connectivity index (χ1n) is 10.3. The fourth-order valence-corrected chi connectivity index (χ4v) is 7.94. The summed E-state index contributed by atoms with van der Waals surface area (Å²) >= 11 is 1.54. The van der Waals surface area contributed by atoms with Crippen molar-refractivity contribution in [1.29, 1.82) is 0 Å². The summed E-state index contributed by atoms with van der Waals surface area (Å²) < 4.78 is -0.734. The molecule has 7 nitrogen and oxygen atoms in total. The van der Waals surface area contributed by atoms with Gasteiger partial charge in [-0.15, -0.1) is 18.3 Å². The molecule has 2 N–H and O–H groups in total. The average Bonchev–Trinajstić information content (AvgIpc) is 3.20. The molecule has 3 aliphatic heterocycles. The lowest BCUT2D eigenvalue weighted by molar-refractivity contribution is -0.149. The maximum Gasteiger partial charge on any atom is 0.308 e. The van der Waals surface area contributed by atoms with Crippen LogP contribution in [0.3, 0.4) is 0 Å². The van der Waals surface area contributed by atoms with Crippen LogP contribution in [0.15, 0.2) is 12.7 Å². The van der Waals surface area contributed by atoms with Gasteiger partial charge in [-0.05, 0) is 39.5 Å². The summed E-state index contributed by atoms with van der Waals surface area (Å²) in [5, 5.41) is 19.1. The molecule has 3 aliphatic rings. The molecule has 0 radical (unpaired) electrons. The predicted molar refractivity (Wildman–Crippen MR) is 111 cm³/mol. The van der Waals surface area contributed by atoms with Gasteiger partial charge < -0.3 is 20.0 Å². The third kappa shape index (κ3) is 3.19. The van der Waals surface area contributed by atoms with Crippen LogP contribution in [0, 0.1) is 17.8 Å². The number of hydrogen-bond donors (Lipinski definition) is 2. The number of likely N-dealkylation sites (tertiary alicyclic amines) is 1. The molecule has 3 heterocycles. The molecule has 3 fully saturated rings. The van der Waals surface area contributed by atoms with Gasteiger partial charge in [0.1, 0.15) is 6.04 Å². The Balaban J connectivity index is 2.11. The Morgan fingerprint density at radius 2 is 2.07 bits per heavy atom. The Hall–Kier alpha value is -1.54. The first-order chi connectivity index (χ1) is 13.5. The number of thioether (sulfide) groups is 1. The average molecular weight is 425 g/mol. The van der Waals surface area contributed by atoms with E-state index in [-0.39, 0.29) is 36.1 Å². The molecule has 2 bridgehead atoms. The van der Waals surface area contributed by atoms with Crippen molar-refractivity contribution in [1.82, 2.24) is 9.80 Å². The molecular formula is C21H32N2O5S. The molecule has 3 rings (SSSR count). The molecule has 0 aliphatic carbocycles. The van der Waals surface area contributed by atoms with Crippen LogP contribution in [0.5, 0.6) is 0 Å². The number of carboxylic acids is 1. The summed E-state index contributed by atoms with van der Waals surface area (Å²) in [6.45, 7) is 12.2. The van der Waals surface area contributed by atoms with Crippen LogP contribution in [0.1, 0.15) is 40.5 Å². The number of amides is 2. The maximum absolute atomic E-state index is 13.9. The summed E-state index contributed by atoms with van der Waals surface area (Å²) in [4.78, 5) is 42.7. The van der Waals surface area contributed by atoms with E-state index in [1.807, 2.05) is 27.7 Å². The van der Waals surface area contributed by atoms with Gasteiger partial charge in [0.2, 0.25) is 11.8 Å². The molecule has 6 atom stereocenters. The number of fused-ring (bicyclic) bond motifs is 1. The second-order valence-corrected chi connectivity index (χ2v) is 11.0. The van der Waals surface area contributed by atoms with Gasteiger partial charge >= 0.3 is 5.97 Å². The van der Waals surface area contributed by atoms with Crippen LogP contribution < -0.4 is 0 Å². The van der Waals surface area contributed by atoms with Crippen molar-refractivity contribution < 1.29 is 24.6 Å². The summed E-state index contributed by atoms with van der Waals surface area (Å²) in [5.41, 5.74) is -0.470. The zero-order valence-electron chi connectivity index (χ0n) is 17.6. The third-order valence-electron chi connectivity index (χ3n) is 6.71. The number of aliphatic hydroxyl groups excluding tert-OH is 1. The van der Waals surface area contributed by atoms with Crippen molar-refractivity contribution >= 4 is 29.5 Å². The van der Waals surface area contributed by atoms with Crippen molar-refractivity contribution in [2.24, 2.45) is 17.8 Å². The Morgan fingerprint density at radius 3 is 2.59 bits per heavy atom. The van der Waals surface area contributed by atoms with E-state index < -0.39 is 34.1 Å². The highest BCUT2D eigenvalue weighted by Gasteiger charge is 2.76. The Kier molecular flexibility index (Phi) is 5.82. The third-order valence-corrected chi connectivity index (χ3v) is 8.79. The lowest BCUT2D eigenvalue weighted by Gasteiger charge is -2.44. The highest BCUT2D eigenvalue weighted by molar-refractivity contribution is 8.02. The van der Waals surface area contributed by atoms with Crippen molar-refractivity contribution in [3.05, 3.63) is 12.7 Å². The van der Waals surface area contributed by atoms with E-state index in [4.69, 9.17) is 0 Å². The van der Waals surface area contributed by atoms with Gasteiger partial charge in [0.05, 0.1) is 16.6 Å². The SMILES string of the molecule is C=CCN(C(=O)C1N(CCCO)C(=O)[C@@H]2[C@H](C(=O)O)[C@@H]3CC(C)C12S3)C(C)(C)C. The van der Waals surface area contributed by atoms with Gasteiger partial charge in [-0.2, -0.15) is 0 Å². The molecule has 0 saturated carbocycles. The lowest BCUT2D eigenvalue weighted by atomic mass is 9.66. The predicted octanol–water partition coefficient (Wildman–Crippen LogP) is 1.60. The minimum absolute atomic E-state index is 0.0562. The molecule has 8 heteroatoms. The topological polar surface area (TPSA) is 98.2 Å². The van der Waals surface area contributed by atoms with E-state index in [1.165, 1.54) is 11.8 Å². The number of carbonyl (C=O) groups is 3. The monoisotopic (exact) mass is 424 g/mol. The highest BCUT2D eigenvalue weighted by Crippen LogP contribution is 2.68. The summed E-state index contributed by atoms with van der Waals surface area (Å²) in [5.74, 6) is -2.77. The van der Waals surface area contributed by atoms with Crippen molar-refractivity contribution in [2.45, 2.75) is 62.1 Å². The summed E-state index contributed by atoms with van der Waals surface area (Å²) in [6.07, 6.45) is 2.73. The molecule has 1 spiro atoms. The zero-order valence-corrected chi connectivity index (χ0v) is 18.4. The quantitative estimate of drug-likeness (QED) is 0.603. The van der Waals surface area contributed by atoms with Crippen molar-refractivity contribution in [2.75, 3.05) is 19.7 Å². The summed E-state index contributed by atoms with van der Waals surface area (Å²) in [6, 6.07) is -0.722. The Bertz CT molecular complexity index is 720. The molecule has 0 aromatic rings. The van der Waals surface area contributed by atoms with Gasteiger partial charge in [0.25, 0.3) is 0 Å². The van der Waals surface area contributed by atoms with Crippen LogP contribution in [-0.4, -0.2) is 79.1 Å². The lowest BCUT2D eigenvalue weighted by Crippen LogP contribution is -2.60. The van der Waals surface area contributed by atoms with Crippen LogP contribution in [0.4, 0.5) is 0 Å². The van der Waals surface area contributed by atoms with Crippen LogP contribution in [-0.2, 0) is 14.4 Å². The fourth-order valence-electron chi connectivity index (χ4n) is 5.53. The van der Waals surface area contributed by atoms with E-state index in [0.717, 1.165) is 0 Å². The number of rotatable bonds is 7. The zero-order chi connectivity index (χ0) is 21.7. The minimum Gasteiger partial charge on any atom is -0.481 e. The maximum atomic E-state index is 13.9. The summed E-state index contributed by atoms with van der Waals surface area (Å²) in [7, 11) is 0. The van der Waals surface area contributed by atoms with Crippen LogP contribution in [0.2, 0.25) is 0 Å². The molecule has 3 unspecified atom stereocenters. The molecule has 0 aromatic carbocycles. The number of carboxylic acid groups (broad SMARTS) is 1. The van der Waals surface area contributed by atoms with Gasteiger partial charge in [-0.1, -0.05) is 13.0 Å². The number of nitrogens with zero attached hydrogens (tertiary/aromatic N) is 2. The number of carbonyl (C=O) groups excluding carboxylic acids is 2.